The third-order valence-corrected chi connectivity index (χ3v) is 2.50. The highest BCUT2D eigenvalue weighted by atomic mass is 19.3. The summed E-state index contributed by atoms with van der Waals surface area (Å²) in [5, 5.41) is 2.92. The summed E-state index contributed by atoms with van der Waals surface area (Å²) in [5.41, 5.74) is -0.996. The maximum absolute atomic E-state index is 12.3. The highest BCUT2D eigenvalue weighted by molar-refractivity contribution is 5.77. The number of alkyl halides is 2. The van der Waals surface area contributed by atoms with E-state index >= 15 is 0 Å². The fraction of sp³-hybridized carbons (Fsp3) is 0.889. The number of esters is 1. The van der Waals surface area contributed by atoms with E-state index in [1.165, 1.54) is 0 Å². The second kappa shape index (κ2) is 4.68. The normalized spacial score (nSPS) is 26.9. The van der Waals surface area contributed by atoms with Crippen molar-refractivity contribution in [1.29, 1.82) is 0 Å². The van der Waals surface area contributed by atoms with Crippen molar-refractivity contribution in [3.63, 3.8) is 0 Å². The quantitative estimate of drug-likeness (QED) is 0.703. The molecule has 1 fully saturated rings. The molecule has 0 aromatic heterocycles. The van der Waals surface area contributed by atoms with Crippen LogP contribution in [0.2, 0.25) is 0 Å². The zero-order valence-electron chi connectivity index (χ0n) is 8.19. The van der Waals surface area contributed by atoms with Crippen LogP contribution in [0.4, 0.5) is 8.78 Å². The first-order chi connectivity index (χ1) is 6.60. The third-order valence-electron chi connectivity index (χ3n) is 2.50. The minimum atomic E-state index is -2.46. The number of nitrogens with one attached hydrogen (secondary N) is 1. The van der Waals surface area contributed by atoms with Crippen molar-refractivity contribution in [2.45, 2.75) is 26.2 Å². The maximum atomic E-state index is 12.3. The van der Waals surface area contributed by atoms with Gasteiger partial charge in [0.25, 0.3) is 0 Å². The summed E-state index contributed by atoms with van der Waals surface area (Å²) >= 11 is 0. The second-order valence-electron chi connectivity index (χ2n) is 3.52. The van der Waals surface area contributed by atoms with Gasteiger partial charge in [-0.3, -0.25) is 4.79 Å². The Hall–Kier alpha value is -0.710. The fourth-order valence-electron chi connectivity index (χ4n) is 1.76. The Bertz CT molecular complexity index is 203. The van der Waals surface area contributed by atoms with Crippen molar-refractivity contribution in [3.8, 4) is 0 Å². The molecule has 1 aliphatic heterocycles. The van der Waals surface area contributed by atoms with Crippen molar-refractivity contribution in [2.75, 3.05) is 19.7 Å². The lowest BCUT2D eigenvalue weighted by atomic mass is 9.84. The predicted octanol–water partition coefficient (Wildman–Crippen LogP) is 1.18. The number of hydrogen-bond donors (Lipinski definition) is 1. The van der Waals surface area contributed by atoms with Crippen molar-refractivity contribution in [1.82, 2.24) is 5.32 Å². The first-order valence-corrected chi connectivity index (χ1v) is 4.77. The summed E-state index contributed by atoms with van der Waals surface area (Å²) in [4.78, 5) is 11.5. The van der Waals surface area contributed by atoms with Gasteiger partial charge in [-0.15, -0.1) is 0 Å². The Balaban J connectivity index is 2.65. The molecule has 0 saturated carbocycles. The van der Waals surface area contributed by atoms with Crippen LogP contribution in [0.1, 0.15) is 19.8 Å². The van der Waals surface area contributed by atoms with Gasteiger partial charge in [-0.25, -0.2) is 8.78 Å². The lowest BCUT2D eigenvalue weighted by molar-refractivity contribution is -0.156. The molecule has 1 unspecified atom stereocenters. The van der Waals surface area contributed by atoms with Crippen LogP contribution < -0.4 is 5.32 Å². The van der Waals surface area contributed by atoms with Gasteiger partial charge in [-0.2, -0.15) is 0 Å². The van der Waals surface area contributed by atoms with Gasteiger partial charge in [-0.1, -0.05) is 0 Å². The monoisotopic (exact) mass is 207 g/mol. The SMILES string of the molecule is CCOC(=O)C1(CC(F)F)CCNC1. The molecule has 1 aliphatic rings. The van der Waals surface area contributed by atoms with E-state index in [1.54, 1.807) is 6.92 Å². The standard InChI is InChI=1S/C9H15F2NO2/c1-2-14-8(13)9(5-7(10)11)3-4-12-6-9/h7,12H,2-6H2,1H3. The molecule has 0 aliphatic carbocycles. The molecule has 3 nitrogen and oxygen atoms in total. The molecule has 1 N–H and O–H groups in total. The molecule has 0 spiro atoms. The highest BCUT2D eigenvalue weighted by Crippen LogP contribution is 2.33. The smallest absolute Gasteiger partial charge is 0.313 e. The summed E-state index contributed by atoms with van der Waals surface area (Å²) in [7, 11) is 0. The first-order valence-electron chi connectivity index (χ1n) is 4.77. The molecule has 0 bridgehead atoms. The van der Waals surface area contributed by atoms with Crippen molar-refractivity contribution >= 4 is 5.97 Å². The molecule has 1 heterocycles. The molecule has 1 rings (SSSR count). The van der Waals surface area contributed by atoms with E-state index < -0.39 is 24.2 Å². The molecule has 1 saturated heterocycles. The van der Waals surface area contributed by atoms with Gasteiger partial charge >= 0.3 is 5.97 Å². The van der Waals surface area contributed by atoms with Gasteiger partial charge in [0.05, 0.1) is 12.0 Å². The van der Waals surface area contributed by atoms with E-state index in [-0.39, 0.29) is 6.61 Å². The van der Waals surface area contributed by atoms with Crippen LogP contribution in [-0.2, 0) is 9.53 Å². The maximum Gasteiger partial charge on any atom is 0.313 e. The van der Waals surface area contributed by atoms with Gasteiger partial charge in [0.2, 0.25) is 6.43 Å². The fourth-order valence-corrected chi connectivity index (χ4v) is 1.76. The zero-order chi connectivity index (χ0) is 10.6. The van der Waals surface area contributed by atoms with E-state index in [0.717, 1.165) is 0 Å². The molecule has 0 amide bonds. The molecular weight excluding hydrogens is 192 g/mol. The topological polar surface area (TPSA) is 38.3 Å². The first kappa shape index (κ1) is 11.4. The molecule has 0 radical (unpaired) electrons. The van der Waals surface area contributed by atoms with E-state index in [4.69, 9.17) is 4.74 Å². The number of hydrogen-bond acceptors (Lipinski definition) is 3. The van der Waals surface area contributed by atoms with Gasteiger partial charge < -0.3 is 10.1 Å². The highest BCUT2D eigenvalue weighted by Gasteiger charge is 2.44. The lowest BCUT2D eigenvalue weighted by Crippen LogP contribution is -2.37. The Morgan fingerprint density at radius 2 is 2.36 bits per heavy atom. The van der Waals surface area contributed by atoms with Crippen LogP contribution in [0.25, 0.3) is 0 Å². The van der Waals surface area contributed by atoms with Gasteiger partial charge in [0.15, 0.2) is 0 Å². The van der Waals surface area contributed by atoms with Crippen LogP contribution in [-0.4, -0.2) is 32.1 Å². The summed E-state index contributed by atoms with van der Waals surface area (Å²) in [5.74, 6) is -0.495. The Kier molecular flexibility index (Phi) is 3.80. The summed E-state index contributed by atoms with van der Waals surface area (Å²) in [6.45, 7) is 2.82. The van der Waals surface area contributed by atoms with E-state index in [2.05, 4.69) is 5.32 Å². The number of ether oxygens (including phenoxy) is 1. The minimum absolute atomic E-state index is 0.240. The van der Waals surface area contributed by atoms with Gasteiger partial charge in [0.1, 0.15) is 0 Å². The van der Waals surface area contributed by atoms with Gasteiger partial charge in [-0.05, 0) is 19.9 Å². The Morgan fingerprint density at radius 3 is 2.79 bits per heavy atom. The van der Waals surface area contributed by atoms with Crippen molar-refractivity contribution in [2.24, 2.45) is 5.41 Å². The van der Waals surface area contributed by atoms with Crippen LogP contribution >= 0.6 is 0 Å². The number of carbonyl (C=O) groups excluding carboxylic acids is 1. The molecule has 1 atom stereocenters. The average molecular weight is 207 g/mol. The largest absolute Gasteiger partial charge is 0.466 e. The molecule has 82 valence electrons. The molecule has 0 aromatic carbocycles. The van der Waals surface area contributed by atoms with Crippen LogP contribution in [0.15, 0.2) is 0 Å². The zero-order valence-corrected chi connectivity index (χ0v) is 8.19. The summed E-state index contributed by atoms with van der Waals surface area (Å²) < 4.78 is 29.4. The van der Waals surface area contributed by atoms with Crippen molar-refractivity contribution in [3.05, 3.63) is 0 Å². The predicted molar refractivity (Wildman–Crippen MR) is 47.2 cm³/mol. The lowest BCUT2D eigenvalue weighted by Gasteiger charge is -2.24. The van der Waals surface area contributed by atoms with E-state index in [1.807, 2.05) is 0 Å². The van der Waals surface area contributed by atoms with Crippen molar-refractivity contribution < 1.29 is 18.3 Å². The van der Waals surface area contributed by atoms with Crippen LogP contribution in [0.5, 0.6) is 0 Å². The second-order valence-corrected chi connectivity index (χ2v) is 3.52. The minimum Gasteiger partial charge on any atom is -0.466 e. The van der Waals surface area contributed by atoms with Gasteiger partial charge in [0, 0.05) is 13.0 Å². The van der Waals surface area contributed by atoms with Crippen LogP contribution in [0, 0.1) is 5.41 Å². The van der Waals surface area contributed by atoms with Crippen LogP contribution in [0.3, 0.4) is 0 Å². The molecule has 5 heteroatoms. The molecular formula is C9H15F2NO2. The number of carbonyl (C=O) groups is 1. The third kappa shape index (κ3) is 2.41. The van der Waals surface area contributed by atoms with E-state index in [0.29, 0.717) is 19.5 Å². The summed E-state index contributed by atoms with van der Waals surface area (Å²) in [6, 6.07) is 0. The summed E-state index contributed by atoms with van der Waals surface area (Å²) in [6.07, 6.45) is -2.42. The Morgan fingerprint density at radius 1 is 1.64 bits per heavy atom. The van der Waals surface area contributed by atoms with E-state index in [9.17, 15) is 13.6 Å². The number of halogens is 2. The number of rotatable bonds is 4. The molecule has 14 heavy (non-hydrogen) atoms. The Labute approximate surface area is 81.8 Å². The molecule has 0 aromatic rings. The average Bonchev–Trinajstić information content (AvgIpc) is 2.53.